The van der Waals surface area contributed by atoms with Gasteiger partial charge in [-0.2, -0.15) is 4.98 Å². The molecule has 1 aliphatic carbocycles. The monoisotopic (exact) mass is 261 g/mol. The minimum Gasteiger partial charge on any atom is -0.338 e. The number of halogens is 1. The summed E-state index contributed by atoms with van der Waals surface area (Å²) in [5, 5.41) is 3.94. The summed E-state index contributed by atoms with van der Waals surface area (Å²) < 4.78 is 18.5. The van der Waals surface area contributed by atoms with E-state index in [2.05, 4.69) is 10.1 Å². The zero-order valence-corrected chi connectivity index (χ0v) is 10.8. The van der Waals surface area contributed by atoms with E-state index < -0.39 is 0 Å². The van der Waals surface area contributed by atoms with Crippen molar-refractivity contribution >= 4 is 0 Å². The minimum absolute atomic E-state index is 0.0355. The van der Waals surface area contributed by atoms with Crippen LogP contribution in [0.4, 0.5) is 4.39 Å². The van der Waals surface area contributed by atoms with Gasteiger partial charge in [-0.15, -0.1) is 0 Å². The number of aromatic nitrogens is 2. The Morgan fingerprint density at radius 3 is 3.00 bits per heavy atom. The smallest absolute Gasteiger partial charge is 0.234 e. The maximum atomic E-state index is 13.2. The zero-order valence-electron chi connectivity index (χ0n) is 10.8. The molecule has 1 aliphatic rings. The quantitative estimate of drug-likeness (QED) is 0.902. The molecule has 0 amide bonds. The summed E-state index contributed by atoms with van der Waals surface area (Å²) in [7, 11) is 0. The standard InChI is InChI=1S/C14H16FN3O/c1-14(7-3-6-11(14)16)13-17-12(18-19-13)9-4-2-5-10(15)8-9/h2,4-5,8,11H,3,6-7,16H2,1H3. The maximum Gasteiger partial charge on any atom is 0.234 e. The molecule has 0 bridgehead atoms. The molecule has 1 aromatic carbocycles. The molecule has 0 spiro atoms. The number of nitrogens with zero attached hydrogens (tertiary/aromatic N) is 2. The Labute approximate surface area is 110 Å². The lowest BCUT2D eigenvalue weighted by Crippen LogP contribution is -2.38. The number of rotatable bonds is 2. The first-order valence-electron chi connectivity index (χ1n) is 6.45. The van der Waals surface area contributed by atoms with E-state index in [9.17, 15) is 4.39 Å². The van der Waals surface area contributed by atoms with E-state index in [-0.39, 0.29) is 17.3 Å². The highest BCUT2D eigenvalue weighted by Gasteiger charge is 2.42. The van der Waals surface area contributed by atoms with Gasteiger partial charge >= 0.3 is 0 Å². The molecular formula is C14H16FN3O. The summed E-state index contributed by atoms with van der Waals surface area (Å²) in [6, 6.07) is 6.20. The molecule has 0 aliphatic heterocycles. The van der Waals surface area contributed by atoms with Crippen molar-refractivity contribution < 1.29 is 8.91 Å². The fraction of sp³-hybridized carbons (Fsp3) is 0.429. The van der Waals surface area contributed by atoms with Crippen molar-refractivity contribution in [1.82, 2.24) is 10.1 Å². The molecule has 19 heavy (non-hydrogen) atoms. The van der Waals surface area contributed by atoms with E-state index in [1.54, 1.807) is 12.1 Å². The minimum atomic E-state index is -0.312. The molecule has 1 heterocycles. The van der Waals surface area contributed by atoms with Crippen LogP contribution in [0.2, 0.25) is 0 Å². The SMILES string of the molecule is CC1(c2nc(-c3cccc(F)c3)no2)CCCC1N. The molecule has 1 saturated carbocycles. The molecule has 2 atom stereocenters. The van der Waals surface area contributed by atoms with Crippen LogP contribution in [0.3, 0.4) is 0 Å². The Kier molecular flexibility index (Phi) is 2.86. The first-order chi connectivity index (χ1) is 9.09. The van der Waals surface area contributed by atoms with Gasteiger partial charge in [-0.25, -0.2) is 4.39 Å². The summed E-state index contributed by atoms with van der Waals surface area (Å²) >= 11 is 0. The molecule has 1 aromatic heterocycles. The average Bonchev–Trinajstić information content (AvgIpc) is 2.99. The first-order valence-corrected chi connectivity index (χ1v) is 6.45. The Bertz CT molecular complexity index is 598. The fourth-order valence-electron chi connectivity index (χ4n) is 2.66. The van der Waals surface area contributed by atoms with Crippen LogP contribution >= 0.6 is 0 Å². The Hall–Kier alpha value is -1.75. The predicted molar refractivity (Wildman–Crippen MR) is 68.9 cm³/mol. The van der Waals surface area contributed by atoms with Gasteiger partial charge in [0, 0.05) is 11.6 Å². The lowest BCUT2D eigenvalue weighted by atomic mass is 9.85. The molecule has 2 aromatic rings. The van der Waals surface area contributed by atoms with Gasteiger partial charge in [0.15, 0.2) is 0 Å². The Balaban J connectivity index is 1.96. The van der Waals surface area contributed by atoms with Crippen molar-refractivity contribution in [3.05, 3.63) is 36.0 Å². The number of hydrogen-bond acceptors (Lipinski definition) is 4. The van der Waals surface area contributed by atoms with Crippen molar-refractivity contribution in [2.45, 2.75) is 37.6 Å². The third-order valence-electron chi connectivity index (χ3n) is 4.03. The van der Waals surface area contributed by atoms with Gasteiger partial charge in [-0.05, 0) is 31.9 Å². The van der Waals surface area contributed by atoms with Gasteiger partial charge in [0.05, 0.1) is 5.41 Å². The van der Waals surface area contributed by atoms with Crippen LogP contribution in [0, 0.1) is 5.82 Å². The van der Waals surface area contributed by atoms with Crippen molar-refractivity contribution in [3.8, 4) is 11.4 Å². The van der Waals surface area contributed by atoms with Crippen LogP contribution < -0.4 is 5.73 Å². The molecule has 100 valence electrons. The summed E-state index contributed by atoms with van der Waals surface area (Å²) in [5.41, 5.74) is 6.48. The topological polar surface area (TPSA) is 64.9 Å². The largest absolute Gasteiger partial charge is 0.338 e. The van der Waals surface area contributed by atoms with E-state index in [0.29, 0.717) is 17.3 Å². The molecule has 3 rings (SSSR count). The van der Waals surface area contributed by atoms with Gasteiger partial charge in [-0.1, -0.05) is 23.7 Å². The first kappa shape index (κ1) is 12.3. The van der Waals surface area contributed by atoms with E-state index in [0.717, 1.165) is 19.3 Å². The van der Waals surface area contributed by atoms with Crippen LogP contribution in [0.15, 0.2) is 28.8 Å². The van der Waals surface area contributed by atoms with Crippen LogP contribution in [-0.2, 0) is 5.41 Å². The second-order valence-electron chi connectivity index (χ2n) is 5.35. The molecule has 4 nitrogen and oxygen atoms in total. The molecule has 2 N–H and O–H groups in total. The maximum absolute atomic E-state index is 13.2. The summed E-state index contributed by atoms with van der Waals surface area (Å²) in [6.07, 6.45) is 2.97. The van der Waals surface area contributed by atoms with Gasteiger partial charge in [-0.3, -0.25) is 0 Å². The van der Waals surface area contributed by atoms with Crippen molar-refractivity contribution in [2.24, 2.45) is 5.73 Å². The van der Waals surface area contributed by atoms with Crippen LogP contribution in [-0.4, -0.2) is 16.2 Å². The second kappa shape index (κ2) is 4.42. The molecule has 0 saturated heterocycles. The van der Waals surface area contributed by atoms with Gasteiger partial charge in [0.1, 0.15) is 5.82 Å². The van der Waals surface area contributed by atoms with Crippen molar-refractivity contribution in [2.75, 3.05) is 0 Å². The third kappa shape index (κ3) is 2.04. The normalized spacial score (nSPS) is 26.8. The summed E-state index contributed by atoms with van der Waals surface area (Å²) in [6.45, 7) is 2.05. The van der Waals surface area contributed by atoms with Crippen molar-refractivity contribution in [3.63, 3.8) is 0 Å². The molecule has 2 unspecified atom stereocenters. The Morgan fingerprint density at radius 2 is 2.32 bits per heavy atom. The highest BCUT2D eigenvalue weighted by atomic mass is 19.1. The van der Waals surface area contributed by atoms with E-state index in [4.69, 9.17) is 10.3 Å². The van der Waals surface area contributed by atoms with E-state index in [1.165, 1.54) is 12.1 Å². The van der Waals surface area contributed by atoms with Crippen LogP contribution in [0.25, 0.3) is 11.4 Å². The highest BCUT2D eigenvalue weighted by Crippen LogP contribution is 2.39. The highest BCUT2D eigenvalue weighted by molar-refractivity contribution is 5.54. The lowest BCUT2D eigenvalue weighted by molar-refractivity contribution is 0.278. The van der Waals surface area contributed by atoms with E-state index in [1.807, 2.05) is 6.92 Å². The number of hydrogen-bond donors (Lipinski definition) is 1. The average molecular weight is 261 g/mol. The summed E-state index contributed by atoms with van der Waals surface area (Å²) in [5.74, 6) is 0.652. The molecular weight excluding hydrogens is 245 g/mol. The third-order valence-corrected chi connectivity index (χ3v) is 4.03. The second-order valence-corrected chi connectivity index (χ2v) is 5.35. The zero-order chi connectivity index (χ0) is 13.5. The number of nitrogens with two attached hydrogens (primary N) is 1. The van der Waals surface area contributed by atoms with Gasteiger partial charge in [0.25, 0.3) is 0 Å². The van der Waals surface area contributed by atoms with Crippen LogP contribution in [0.1, 0.15) is 32.1 Å². The number of benzene rings is 1. The molecule has 5 heteroatoms. The van der Waals surface area contributed by atoms with Crippen LogP contribution in [0.5, 0.6) is 0 Å². The van der Waals surface area contributed by atoms with Gasteiger partial charge < -0.3 is 10.3 Å². The molecule has 1 fully saturated rings. The molecule has 0 radical (unpaired) electrons. The lowest BCUT2D eigenvalue weighted by Gasteiger charge is -2.23. The van der Waals surface area contributed by atoms with Gasteiger partial charge in [0.2, 0.25) is 11.7 Å². The van der Waals surface area contributed by atoms with Crippen molar-refractivity contribution in [1.29, 1.82) is 0 Å². The Morgan fingerprint density at radius 1 is 1.47 bits per heavy atom. The fourth-order valence-corrected chi connectivity index (χ4v) is 2.66. The van der Waals surface area contributed by atoms with E-state index >= 15 is 0 Å². The summed E-state index contributed by atoms with van der Waals surface area (Å²) in [4.78, 5) is 4.40. The predicted octanol–water partition coefficient (Wildman–Crippen LogP) is 2.64.